The fourth-order valence-corrected chi connectivity index (χ4v) is 2.99. The van der Waals surface area contributed by atoms with Crippen molar-refractivity contribution in [3.63, 3.8) is 0 Å². The maximum atomic E-state index is 12.6. The van der Waals surface area contributed by atoms with Gasteiger partial charge in [-0.2, -0.15) is 0 Å². The number of carbonyl (C=O) groups excluding carboxylic acids is 1. The van der Waals surface area contributed by atoms with Gasteiger partial charge in [0.25, 0.3) is 5.91 Å². The third-order valence-electron chi connectivity index (χ3n) is 4.34. The summed E-state index contributed by atoms with van der Waals surface area (Å²) in [5.74, 6) is 1.47. The second-order valence-electron chi connectivity index (χ2n) is 6.05. The summed E-state index contributed by atoms with van der Waals surface area (Å²) in [6.07, 6.45) is 4.57. The minimum absolute atomic E-state index is 0.0304. The van der Waals surface area contributed by atoms with Gasteiger partial charge in [-0.05, 0) is 50.7 Å². The van der Waals surface area contributed by atoms with Gasteiger partial charge in [0.2, 0.25) is 0 Å². The second-order valence-corrected chi connectivity index (χ2v) is 6.05. The number of carbonyl (C=O) groups is 1. The molecule has 0 aromatic heterocycles. The van der Waals surface area contributed by atoms with Crippen molar-refractivity contribution in [1.82, 2.24) is 4.90 Å². The van der Waals surface area contributed by atoms with Crippen LogP contribution in [0.25, 0.3) is 0 Å². The SMILES string of the molecule is CCOc1cc(N)cc(C(=O)N(C)C2CCC(C)CC2)c1. The Labute approximate surface area is 127 Å². The van der Waals surface area contributed by atoms with E-state index in [1.807, 2.05) is 18.9 Å². The number of benzene rings is 1. The number of amides is 1. The van der Waals surface area contributed by atoms with Crippen LogP contribution in [0.1, 0.15) is 49.9 Å². The Morgan fingerprint density at radius 3 is 2.57 bits per heavy atom. The smallest absolute Gasteiger partial charge is 0.254 e. The van der Waals surface area contributed by atoms with Gasteiger partial charge in [0.1, 0.15) is 5.75 Å². The lowest BCUT2D eigenvalue weighted by Crippen LogP contribution is -2.39. The first-order valence-corrected chi connectivity index (χ1v) is 7.81. The van der Waals surface area contributed by atoms with Crippen LogP contribution in [0.2, 0.25) is 0 Å². The molecule has 21 heavy (non-hydrogen) atoms. The molecule has 0 spiro atoms. The molecular formula is C17H26N2O2. The molecule has 1 saturated carbocycles. The van der Waals surface area contributed by atoms with Crippen LogP contribution in [0, 0.1) is 5.92 Å². The molecule has 4 nitrogen and oxygen atoms in total. The summed E-state index contributed by atoms with van der Waals surface area (Å²) in [6.45, 7) is 4.76. The van der Waals surface area contributed by atoms with Gasteiger partial charge in [0.05, 0.1) is 6.61 Å². The predicted molar refractivity (Wildman–Crippen MR) is 85.5 cm³/mol. The van der Waals surface area contributed by atoms with E-state index in [1.54, 1.807) is 18.2 Å². The first kappa shape index (κ1) is 15.7. The van der Waals surface area contributed by atoms with Gasteiger partial charge >= 0.3 is 0 Å². The van der Waals surface area contributed by atoms with E-state index in [1.165, 1.54) is 12.8 Å². The maximum Gasteiger partial charge on any atom is 0.254 e. The number of nitrogen functional groups attached to an aromatic ring is 1. The summed E-state index contributed by atoms with van der Waals surface area (Å²) < 4.78 is 5.47. The molecule has 1 amide bonds. The van der Waals surface area contributed by atoms with Gasteiger partial charge < -0.3 is 15.4 Å². The molecule has 2 rings (SSSR count). The Morgan fingerprint density at radius 1 is 1.29 bits per heavy atom. The van der Waals surface area contributed by atoms with Gasteiger partial charge in [-0.1, -0.05) is 6.92 Å². The Kier molecular flexibility index (Phi) is 5.10. The van der Waals surface area contributed by atoms with Gasteiger partial charge in [-0.15, -0.1) is 0 Å². The van der Waals surface area contributed by atoms with E-state index < -0.39 is 0 Å². The Bertz CT molecular complexity index is 494. The molecular weight excluding hydrogens is 264 g/mol. The average molecular weight is 290 g/mol. The average Bonchev–Trinajstić information content (AvgIpc) is 2.46. The van der Waals surface area contributed by atoms with E-state index in [0.717, 1.165) is 18.8 Å². The Morgan fingerprint density at radius 2 is 1.95 bits per heavy atom. The lowest BCUT2D eigenvalue weighted by molar-refractivity contribution is 0.0679. The highest BCUT2D eigenvalue weighted by Crippen LogP contribution is 2.28. The van der Waals surface area contributed by atoms with Crippen LogP contribution in [0.15, 0.2) is 18.2 Å². The van der Waals surface area contributed by atoms with E-state index in [9.17, 15) is 4.79 Å². The van der Waals surface area contributed by atoms with Crippen molar-refractivity contribution < 1.29 is 9.53 Å². The zero-order valence-corrected chi connectivity index (χ0v) is 13.3. The third kappa shape index (κ3) is 3.90. The highest BCUT2D eigenvalue weighted by molar-refractivity contribution is 5.95. The maximum absolute atomic E-state index is 12.6. The first-order chi connectivity index (χ1) is 10.0. The molecule has 4 heteroatoms. The monoisotopic (exact) mass is 290 g/mol. The Hall–Kier alpha value is -1.71. The van der Waals surface area contributed by atoms with E-state index in [2.05, 4.69) is 6.92 Å². The molecule has 0 heterocycles. The zero-order chi connectivity index (χ0) is 15.4. The van der Waals surface area contributed by atoms with Crippen molar-refractivity contribution in [1.29, 1.82) is 0 Å². The lowest BCUT2D eigenvalue weighted by Gasteiger charge is -2.33. The zero-order valence-electron chi connectivity index (χ0n) is 13.3. The predicted octanol–water partition coefficient (Wildman–Crippen LogP) is 3.32. The van der Waals surface area contributed by atoms with Gasteiger partial charge in [-0.3, -0.25) is 4.79 Å². The normalized spacial score (nSPS) is 21.9. The van der Waals surface area contributed by atoms with Crippen LogP contribution in [0.3, 0.4) is 0 Å². The van der Waals surface area contributed by atoms with Crippen molar-refractivity contribution >= 4 is 11.6 Å². The van der Waals surface area contributed by atoms with E-state index >= 15 is 0 Å². The van der Waals surface area contributed by atoms with E-state index in [4.69, 9.17) is 10.5 Å². The van der Waals surface area contributed by atoms with Gasteiger partial charge in [0.15, 0.2) is 0 Å². The summed E-state index contributed by atoms with van der Waals surface area (Å²) in [5.41, 5.74) is 7.05. The number of hydrogen-bond donors (Lipinski definition) is 1. The van der Waals surface area contributed by atoms with Crippen molar-refractivity contribution in [3.8, 4) is 5.75 Å². The van der Waals surface area contributed by atoms with Crippen molar-refractivity contribution in [2.24, 2.45) is 5.92 Å². The molecule has 1 aromatic carbocycles. The summed E-state index contributed by atoms with van der Waals surface area (Å²) in [5, 5.41) is 0. The molecule has 0 atom stereocenters. The molecule has 116 valence electrons. The summed E-state index contributed by atoms with van der Waals surface area (Å²) in [6, 6.07) is 5.60. The van der Waals surface area contributed by atoms with Crippen LogP contribution >= 0.6 is 0 Å². The molecule has 0 bridgehead atoms. The molecule has 1 aliphatic carbocycles. The minimum Gasteiger partial charge on any atom is -0.494 e. The minimum atomic E-state index is 0.0304. The number of anilines is 1. The van der Waals surface area contributed by atoms with Gasteiger partial charge in [0, 0.05) is 30.4 Å². The summed E-state index contributed by atoms with van der Waals surface area (Å²) in [7, 11) is 1.90. The van der Waals surface area contributed by atoms with Crippen molar-refractivity contribution in [3.05, 3.63) is 23.8 Å². The van der Waals surface area contributed by atoms with Crippen molar-refractivity contribution in [2.45, 2.75) is 45.6 Å². The molecule has 1 aromatic rings. The molecule has 0 unspecified atom stereocenters. The van der Waals surface area contributed by atoms with Crippen molar-refractivity contribution in [2.75, 3.05) is 19.4 Å². The largest absolute Gasteiger partial charge is 0.494 e. The molecule has 2 N–H and O–H groups in total. The summed E-state index contributed by atoms with van der Waals surface area (Å²) >= 11 is 0. The number of hydrogen-bond acceptors (Lipinski definition) is 3. The molecule has 0 radical (unpaired) electrons. The number of nitrogens with two attached hydrogens (primary N) is 1. The van der Waals surface area contributed by atoms with Crippen LogP contribution in [-0.4, -0.2) is 30.5 Å². The molecule has 0 saturated heterocycles. The number of nitrogens with zero attached hydrogens (tertiary/aromatic N) is 1. The number of rotatable bonds is 4. The Balaban J connectivity index is 2.11. The molecule has 1 fully saturated rings. The first-order valence-electron chi connectivity index (χ1n) is 7.81. The van der Waals surface area contributed by atoms with Crippen LogP contribution in [-0.2, 0) is 0 Å². The standard InChI is InChI=1S/C17H26N2O2/c1-4-21-16-10-13(9-14(18)11-16)17(20)19(3)15-7-5-12(2)6-8-15/h9-12,15H,4-8,18H2,1-3H3. The molecule has 0 aliphatic heterocycles. The van der Waals surface area contributed by atoms with E-state index in [0.29, 0.717) is 29.6 Å². The quantitative estimate of drug-likeness (QED) is 0.865. The summed E-state index contributed by atoms with van der Waals surface area (Å²) in [4.78, 5) is 14.5. The van der Waals surface area contributed by atoms with Crippen LogP contribution < -0.4 is 10.5 Å². The fourth-order valence-electron chi connectivity index (χ4n) is 2.99. The number of ether oxygens (including phenoxy) is 1. The van der Waals surface area contributed by atoms with Crippen LogP contribution in [0.4, 0.5) is 5.69 Å². The fraction of sp³-hybridized carbons (Fsp3) is 0.588. The third-order valence-corrected chi connectivity index (χ3v) is 4.34. The highest BCUT2D eigenvalue weighted by atomic mass is 16.5. The highest BCUT2D eigenvalue weighted by Gasteiger charge is 2.25. The topological polar surface area (TPSA) is 55.6 Å². The van der Waals surface area contributed by atoms with Gasteiger partial charge in [-0.25, -0.2) is 0 Å². The van der Waals surface area contributed by atoms with E-state index in [-0.39, 0.29) is 5.91 Å². The second kappa shape index (κ2) is 6.83. The lowest BCUT2D eigenvalue weighted by atomic mass is 9.86. The molecule has 1 aliphatic rings. The van der Waals surface area contributed by atoms with Crippen LogP contribution in [0.5, 0.6) is 5.75 Å².